The van der Waals surface area contributed by atoms with Gasteiger partial charge in [0.2, 0.25) is 0 Å². The lowest BCUT2D eigenvalue weighted by atomic mass is 9.93. The van der Waals surface area contributed by atoms with Crippen molar-refractivity contribution in [2.24, 2.45) is 0 Å². The number of hydrogen-bond donors (Lipinski definition) is 0. The molecule has 0 amide bonds. The molecule has 0 spiro atoms. The number of para-hydroxylation sites is 3. The molecule has 10 rings (SSSR count). The van der Waals surface area contributed by atoms with Gasteiger partial charge in [-0.15, -0.1) is 0 Å². The van der Waals surface area contributed by atoms with Gasteiger partial charge in [-0.2, -0.15) is 0 Å². The van der Waals surface area contributed by atoms with Crippen LogP contribution in [0.5, 0.6) is 0 Å². The summed E-state index contributed by atoms with van der Waals surface area (Å²) in [6.07, 6.45) is 5.73. The topological polar surface area (TPSA) is 9.86 Å². The summed E-state index contributed by atoms with van der Waals surface area (Å²) in [5, 5.41) is 4.98. The van der Waals surface area contributed by atoms with E-state index in [0.29, 0.717) is 0 Å². The van der Waals surface area contributed by atoms with Gasteiger partial charge < -0.3 is 9.13 Å². The fourth-order valence-corrected chi connectivity index (χ4v) is 8.41. The van der Waals surface area contributed by atoms with Gasteiger partial charge in [0.25, 0.3) is 0 Å². The van der Waals surface area contributed by atoms with E-state index in [1.807, 2.05) is 18.2 Å². The molecule has 2 heterocycles. The average Bonchev–Trinajstić information content (AvgIpc) is 3.78. The van der Waals surface area contributed by atoms with Gasteiger partial charge in [0.05, 0.1) is 22.1 Å². The third kappa shape index (κ3) is 5.59. The number of aromatic nitrogens is 2. The van der Waals surface area contributed by atoms with Crippen LogP contribution in [-0.4, -0.2) is 9.13 Å². The van der Waals surface area contributed by atoms with Gasteiger partial charge in [-0.05, 0) is 123 Å². The van der Waals surface area contributed by atoms with Crippen LogP contribution in [0.4, 0.5) is 0 Å². The first kappa shape index (κ1) is 33.2. The molecule has 0 aliphatic carbocycles. The first-order valence-electron chi connectivity index (χ1n) is 19.1. The van der Waals surface area contributed by atoms with Crippen molar-refractivity contribution in [1.29, 1.82) is 0 Å². The molecular weight excluding hydrogens is 677 g/mol. The normalized spacial score (nSPS) is 11.8. The minimum absolute atomic E-state index is 1.04. The molecule has 0 N–H and O–H groups in total. The van der Waals surface area contributed by atoms with E-state index in [2.05, 4.69) is 210 Å². The van der Waals surface area contributed by atoms with Crippen molar-refractivity contribution in [3.63, 3.8) is 0 Å². The summed E-state index contributed by atoms with van der Waals surface area (Å²) in [6.45, 7) is 8.02. The molecule has 10 aromatic rings. The lowest BCUT2D eigenvalue weighted by Gasteiger charge is -2.13. The van der Waals surface area contributed by atoms with Crippen molar-refractivity contribution in [3.8, 4) is 44.8 Å². The number of rotatable bonds is 8. The highest BCUT2D eigenvalue weighted by Gasteiger charge is 2.16. The van der Waals surface area contributed by atoms with Crippen LogP contribution in [0, 0.1) is 0 Å². The monoisotopic (exact) mass is 714 g/mol. The minimum Gasteiger partial charge on any atom is -0.309 e. The number of allylic oxidation sites excluding steroid dienone is 4. The van der Waals surface area contributed by atoms with E-state index in [1.165, 1.54) is 71.6 Å². The number of nitrogens with zero attached hydrogens (tertiary/aromatic N) is 2. The zero-order valence-corrected chi connectivity index (χ0v) is 30.9. The molecule has 0 atom stereocenters. The van der Waals surface area contributed by atoms with Gasteiger partial charge in [-0.3, -0.25) is 0 Å². The molecule has 0 aliphatic rings. The molecule has 56 heavy (non-hydrogen) atoms. The Kier molecular flexibility index (Phi) is 8.16. The maximum Gasteiger partial charge on any atom is 0.0541 e. The van der Waals surface area contributed by atoms with Crippen molar-refractivity contribution < 1.29 is 0 Å². The van der Waals surface area contributed by atoms with E-state index < -0.39 is 0 Å². The molecule has 0 saturated carbocycles. The highest BCUT2D eigenvalue weighted by molar-refractivity contribution is 6.12. The van der Waals surface area contributed by atoms with Gasteiger partial charge in [0.15, 0.2) is 0 Å². The van der Waals surface area contributed by atoms with E-state index >= 15 is 0 Å². The van der Waals surface area contributed by atoms with Crippen molar-refractivity contribution in [1.82, 2.24) is 9.13 Å². The summed E-state index contributed by atoms with van der Waals surface area (Å²) in [5.41, 5.74) is 16.3. The zero-order valence-electron chi connectivity index (χ0n) is 30.9. The zero-order chi connectivity index (χ0) is 37.6. The number of hydrogen-bond acceptors (Lipinski definition) is 0. The predicted molar refractivity (Wildman–Crippen MR) is 240 cm³/mol. The minimum atomic E-state index is 1.04. The number of fused-ring (bicyclic) bond motifs is 6. The van der Waals surface area contributed by atoms with Crippen molar-refractivity contribution in [3.05, 3.63) is 225 Å². The third-order valence-electron chi connectivity index (χ3n) is 11.0. The second-order valence-electron chi connectivity index (χ2n) is 14.3. The Morgan fingerprint density at radius 1 is 0.357 bits per heavy atom. The third-order valence-corrected chi connectivity index (χ3v) is 11.0. The SMILES string of the molecule is C=C/C=C(\C=C)c1cc(-c2ccccc2)cc(-c2ccc(-n3c4ccccc4c4cc(-c5ccc6c(c5)c5ccccc5n6-c5ccccc5)ccc43)cc2)c1. The summed E-state index contributed by atoms with van der Waals surface area (Å²) < 4.78 is 4.76. The van der Waals surface area contributed by atoms with E-state index in [4.69, 9.17) is 0 Å². The standard InChI is InChI=1S/C54H38N2/c1-3-15-37(4-2)42-32-43(38-16-7-5-8-17-38)34-44(33-42)39-24-28-46(29-25-39)56-52-23-14-12-21-48(52)50-36-41(27-31-54(50)56)40-26-30-53-49(35-40)47-20-11-13-22-51(47)55(53)45-18-9-6-10-19-45/h3-36H,1-2H2/b37-15+. The Morgan fingerprint density at radius 3 is 1.34 bits per heavy atom. The van der Waals surface area contributed by atoms with Crippen molar-refractivity contribution >= 4 is 49.2 Å². The van der Waals surface area contributed by atoms with Crippen LogP contribution in [0.2, 0.25) is 0 Å². The summed E-state index contributed by atoms with van der Waals surface area (Å²) in [5.74, 6) is 0. The molecule has 2 aromatic heterocycles. The van der Waals surface area contributed by atoms with Gasteiger partial charge in [-0.1, -0.05) is 141 Å². The van der Waals surface area contributed by atoms with Gasteiger partial charge in [0.1, 0.15) is 0 Å². The second kappa shape index (κ2) is 13.8. The fraction of sp³-hybridized carbons (Fsp3) is 0. The Hall–Kier alpha value is -7.42. The summed E-state index contributed by atoms with van der Waals surface area (Å²) in [7, 11) is 0. The van der Waals surface area contributed by atoms with E-state index in [-0.39, 0.29) is 0 Å². The molecule has 0 unspecified atom stereocenters. The molecule has 8 aromatic carbocycles. The maximum absolute atomic E-state index is 4.09. The Bertz CT molecular complexity index is 3140. The largest absolute Gasteiger partial charge is 0.309 e. The van der Waals surface area contributed by atoms with E-state index in [0.717, 1.165) is 28.0 Å². The predicted octanol–water partition coefficient (Wildman–Crippen LogP) is 14.6. The maximum atomic E-state index is 4.09. The van der Waals surface area contributed by atoms with E-state index in [9.17, 15) is 0 Å². The Balaban J connectivity index is 1.07. The molecule has 264 valence electrons. The van der Waals surface area contributed by atoms with E-state index in [1.54, 1.807) is 0 Å². The number of benzene rings is 8. The first-order valence-corrected chi connectivity index (χ1v) is 19.1. The average molecular weight is 715 g/mol. The quantitative estimate of drug-likeness (QED) is 0.139. The fourth-order valence-electron chi connectivity index (χ4n) is 8.41. The summed E-state index contributed by atoms with van der Waals surface area (Å²) in [6, 6.07) is 68.2. The molecule has 0 saturated heterocycles. The molecule has 0 aliphatic heterocycles. The molecule has 2 heteroatoms. The van der Waals surface area contributed by atoms with Crippen LogP contribution in [-0.2, 0) is 0 Å². The van der Waals surface area contributed by atoms with Crippen LogP contribution in [0.3, 0.4) is 0 Å². The lowest BCUT2D eigenvalue weighted by Crippen LogP contribution is -1.94. The van der Waals surface area contributed by atoms with Crippen LogP contribution in [0.1, 0.15) is 5.56 Å². The van der Waals surface area contributed by atoms with Crippen LogP contribution in [0.15, 0.2) is 219 Å². The van der Waals surface area contributed by atoms with Gasteiger partial charge in [0, 0.05) is 32.9 Å². The molecule has 0 fully saturated rings. The van der Waals surface area contributed by atoms with Crippen LogP contribution < -0.4 is 0 Å². The first-order chi connectivity index (χ1) is 27.7. The molecule has 2 nitrogen and oxygen atoms in total. The summed E-state index contributed by atoms with van der Waals surface area (Å²) in [4.78, 5) is 0. The van der Waals surface area contributed by atoms with Gasteiger partial charge in [-0.25, -0.2) is 0 Å². The smallest absolute Gasteiger partial charge is 0.0541 e. The van der Waals surface area contributed by atoms with Crippen molar-refractivity contribution in [2.45, 2.75) is 0 Å². The molecule has 0 bridgehead atoms. The van der Waals surface area contributed by atoms with Gasteiger partial charge >= 0.3 is 0 Å². The second-order valence-corrected chi connectivity index (χ2v) is 14.3. The molecule has 0 radical (unpaired) electrons. The highest BCUT2D eigenvalue weighted by atomic mass is 15.0. The Morgan fingerprint density at radius 2 is 0.804 bits per heavy atom. The van der Waals surface area contributed by atoms with Crippen LogP contribution in [0.25, 0.3) is 93.9 Å². The highest BCUT2D eigenvalue weighted by Crippen LogP contribution is 2.39. The molecular formula is C54H38N2. The summed E-state index contributed by atoms with van der Waals surface area (Å²) >= 11 is 0. The lowest BCUT2D eigenvalue weighted by molar-refractivity contribution is 1.18. The Labute approximate surface area is 326 Å². The van der Waals surface area contributed by atoms with Crippen molar-refractivity contribution in [2.75, 3.05) is 0 Å². The van der Waals surface area contributed by atoms with Crippen LogP contribution >= 0.6 is 0 Å².